The number of hydrogen-bond donors (Lipinski definition) is 1. The van der Waals surface area contributed by atoms with Crippen molar-refractivity contribution in [3.05, 3.63) is 124 Å². The lowest BCUT2D eigenvalue weighted by molar-refractivity contribution is -0.120. The van der Waals surface area contributed by atoms with Gasteiger partial charge in [-0.3, -0.25) is 9.78 Å². The van der Waals surface area contributed by atoms with E-state index in [0.717, 1.165) is 41.0 Å². The summed E-state index contributed by atoms with van der Waals surface area (Å²) in [4.78, 5) is 20.6. The lowest BCUT2D eigenvalue weighted by Crippen LogP contribution is -2.33. The van der Waals surface area contributed by atoms with Crippen molar-refractivity contribution in [3.63, 3.8) is 0 Å². The van der Waals surface area contributed by atoms with Crippen molar-refractivity contribution >= 4 is 33.2 Å². The lowest BCUT2D eigenvalue weighted by atomic mass is 10.1. The SMILES string of the molecule is Cc1cccc(CN(C(=O)[C@H]2C[C@H]2c2ccccc2)c2ccc3c(c2)[C@H](NS(=O)(=O)c2cccc(Cl)c2)CC3)n1. The van der Waals surface area contributed by atoms with Crippen LogP contribution in [0, 0.1) is 12.8 Å². The molecule has 0 unspecified atom stereocenters. The Bertz CT molecular complexity index is 1680. The summed E-state index contributed by atoms with van der Waals surface area (Å²) in [6, 6.07) is 27.8. The van der Waals surface area contributed by atoms with Gasteiger partial charge in [-0.25, -0.2) is 13.1 Å². The zero-order chi connectivity index (χ0) is 27.9. The lowest BCUT2D eigenvalue weighted by Gasteiger charge is -2.25. The summed E-state index contributed by atoms with van der Waals surface area (Å²) in [5, 5.41) is 0.366. The van der Waals surface area contributed by atoms with Gasteiger partial charge in [-0.15, -0.1) is 0 Å². The molecule has 0 aliphatic heterocycles. The molecule has 8 heteroatoms. The van der Waals surface area contributed by atoms with E-state index in [4.69, 9.17) is 11.6 Å². The Labute approximate surface area is 240 Å². The molecule has 0 saturated heterocycles. The highest BCUT2D eigenvalue weighted by molar-refractivity contribution is 7.89. The first kappa shape index (κ1) is 26.7. The Morgan fingerprint density at radius 2 is 1.80 bits per heavy atom. The van der Waals surface area contributed by atoms with Crippen molar-refractivity contribution in [3.8, 4) is 0 Å². The molecule has 1 heterocycles. The maximum absolute atomic E-state index is 14.0. The van der Waals surface area contributed by atoms with Crippen LogP contribution >= 0.6 is 11.6 Å². The van der Waals surface area contributed by atoms with Gasteiger partial charge in [-0.05, 0) is 91.3 Å². The summed E-state index contributed by atoms with van der Waals surface area (Å²) in [6.07, 6.45) is 2.21. The van der Waals surface area contributed by atoms with Crippen molar-refractivity contribution in [2.24, 2.45) is 5.92 Å². The van der Waals surface area contributed by atoms with Crippen LogP contribution in [0.15, 0.2) is 95.9 Å². The molecular formula is C32H30ClN3O3S. The van der Waals surface area contributed by atoms with Crippen LogP contribution in [0.3, 0.4) is 0 Å². The molecular weight excluding hydrogens is 542 g/mol. The van der Waals surface area contributed by atoms with Crippen LogP contribution in [0.2, 0.25) is 5.02 Å². The number of rotatable bonds is 8. The maximum atomic E-state index is 14.0. The van der Waals surface area contributed by atoms with Gasteiger partial charge >= 0.3 is 0 Å². The van der Waals surface area contributed by atoms with Gasteiger partial charge in [0.1, 0.15) is 0 Å². The molecule has 204 valence electrons. The average molecular weight is 572 g/mol. The van der Waals surface area contributed by atoms with Gasteiger partial charge in [-0.1, -0.05) is 60.1 Å². The Hall–Kier alpha value is -3.52. The first-order valence-electron chi connectivity index (χ1n) is 13.5. The Kier molecular flexibility index (Phi) is 7.21. The average Bonchev–Trinajstić information content (AvgIpc) is 3.67. The molecule has 0 radical (unpaired) electrons. The second-order valence-corrected chi connectivity index (χ2v) is 12.8. The molecule has 6 rings (SSSR count). The van der Waals surface area contributed by atoms with Gasteiger partial charge < -0.3 is 4.90 Å². The molecule has 2 aliphatic carbocycles. The molecule has 1 fully saturated rings. The van der Waals surface area contributed by atoms with Crippen LogP contribution in [-0.2, 0) is 27.8 Å². The van der Waals surface area contributed by atoms with E-state index in [1.54, 1.807) is 12.1 Å². The van der Waals surface area contributed by atoms with Gasteiger partial charge in [0.25, 0.3) is 0 Å². The summed E-state index contributed by atoms with van der Waals surface area (Å²) in [7, 11) is -3.78. The van der Waals surface area contributed by atoms with E-state index < -0.39 is 16.1 Å². The van der Waals surface area contributed by atoms with E-state index >= 15 is 0 Å². The summed E-state index contributed by atoms with van der Waals surface area (Å²) in [5.41, 5.74) is 5.61. The van der Waals surface area contributed by atoms with E-state index in [9.17, 15) is 13.2 Å². The predicted octanol–water partition coefficient (Wildman–Crippen LogP) is 6.35. The number of pyridine rings is 1. The minimum Gasteiger partial charge on any atom is -0.306 e. The monoisotopic (exact) mass is 571 g/mol. The molecule has 40 heavy (non-hydrogen) atoms. The molecule has 0 spiro atoms. The van der Waals surface area contributed by atoms with E-state index in [0.29, 0.717) is 18.0 Å². The van der Waals surface area contributed by atoms with E-state index in [1.807, 2.05) is 66.4 Å². The number of fused-ring (bicyclic) bond motifs is 1. The fourth-order valence-corrected chi connectivity index (χ4v) is 7.20. The van der Waals surface area contributed by atoms with Gasteiger partial charge in [0.05, 0.1) is 17.1 Å². The van der Waals surface area contributed by atoms with Gasteiger partial charge in [0.2, 0.25) is 15.9 Å². The molecule has 1 saturated carbocycles. The second-order valence-electron chi connectivity index (χ2n) is 10.6. The minimum atomic E-state index is -3.78. The number of halogens is 1. The largest absolute Gasteiger partial charge is 0.306 e. The smallest absolute Gasteiger partial charge is 0.241 e. The molecule has 1 aromatic heterocycles. The third-order valence-corrected chi connectivity index (χ3v) is 9.49. The van der Waals surface area contributed by atoms with E-state index in [2.05, 4.69) is 21.8 Å². The van der Waals surface area contributed by atoms with Crippen molar-refractivity contribution in [1.82, 2.24) is 9.71 Å². The predicted molar refractivity (Wildman–Crippen MR) is 157 cm³/mol. The number of amides is 1. The highest BCUT2D eigenvalue weighted by atomic mass is 35.5. The van der Waals surface area contributed by atoms with Gasteiger partial charge in [-0.2, -0.15) is 0 Å². The third kappa shape index (κ3) is 5.55. The number of carbonyl (C=O) groups excluding carboxylic acids is 1. The molecule has 1 amide bonds. The zero-order valence-electron chi connectivity index (χ0n) is 22.1. The molecule has 2 aliphatic rings. The summed E-state index contributed by atoms with van der Waals surface area (Å²) >= 11 is 6.06. The van der Waals surface area contributed by atoms with E-state index in [1.165, 1.54) is 17.7 Å². The number of anilines is 1. The number of aryl methyl sites for hydroxylation is 2. The first-order valence-corrected chi connectivity index (χ1v) is 15.3. The zero-order valence-corrected chi connectivity index (χ0v) is 23.7. The standard InChI is InChI=1S/C32H30ClN3O3S/c1-21-7-5-11-25(34-21)20-36(32(37)30-19-28(30)22-8-3-2-4-9-22)26-15-13-23-14-16-31(29(23)18-26)35-40(38,39)27-12-6-10-24(33)17-27/h2-13,15,17-18,28,30-31,35H,14,16,19-20H2,1H3/t28-,30-,31+/m0/s1. The van der Waals surface area contributed by atoms with Crippen LogP contribution in [0.1, 0.15) is 52.9 Å². The molecule has 0 bridgehead atoms. The third-order valence-electron chi connectivity index (χ3n) is 7.79. The number of aromatic nitrogens is 1. The summed E-state index contributed by atoms with van der Waals surface area (Å²) < 4.78 is 29.2. The van der Waals surface area contributed by atoms with Crippen LogP contribution < -0.4 is 9.62 Å². The van der Waals surface area contributed by atoms with Crippen LogP contribution in [0.5, 0.6) is 0 Å². The molecule has 1 N–H and O–H groups in total. The maximum Gasteiger partial charge on any atom is 0.241 e. The number of nitrogens with zero attached hydrogens (tertiary/aromatic N) is 2. The van der Waals surface area contributed by atoms with Crippen LogP contribution in [0.25, 0.3) is 0 Å². The van der Waals surface area contributed by atoms with Crippen molar-refractivity contribution in [2.75, 3.05) is 4.90 Å². The Morgan fingerprint density at radius 1 is 1.00 bits per heavy atom. The first-order chi connectivity index (χ1) is 19.3. The number of carbonyl (C=O) groups is 1. The highest BCUT2D eigenvalue weighted by Crippen LogP contribution is 2.49. The van der Waals surface area contributed by atoms with Crippen LogP contribution in [-0.4, -0.2) is 19.3 Å². The normalized spacial score (nSPS) is 19.7. The van der Waals surface area contributed by atoms with Crippen LogP contribution in [0.4, 0.5) is 5.69 Å². The highest BCUT2D eigenvalue weighted by Gasteiger charge is 2.46. The molecule has 4 aromatic rings. The molecule has 6 nitrogen and oxygen atoms in total. The number of benzene rings is 3. The topological polar surface area (TPSA) is 79.4 Å². The van der Waals surface area contributed by atoms with Crippen molar-refractivity contribution < 1.29 is 13.2 Å². The Balaban J connectivity index is 1.30. The second kappa shape index (κ2) is 10.8. The number of sulfonamides is 1. The summed E-state index contributed by atoms with van der Waals surface area (Å²) in [6.45, 7) is 2.28. The Morgan fingerprint density at radius 3 is 2.58 bits per heavy atom. The van der Waals surface area contributed by atoms with Crippen molar-refractivity contribution in [1.29, 1.82) is 0 Å². The fraction of sp³-hybridized carbons (Fsp3) is 0.250. The summed E-state index contributed by atoms with van der Waals surface area (Å²) in [5.74, 6) is 0.164. The van der Waals surface area contributed by atoms with Gasteiger partial charge in [0.15, 0.2) is 0 Å². The van der Waals surface area contributed by atoms with E-state index in [-0.39, 0.29) is 22.6 Å². The fourth-order valence-electron chi connectivity index (χ4n) is 5.65. The quantitative estimate of drug-likeness (QED) is 0.267. The number of nitrogens with one attached hydrogen (secondary N) is 1. The molecule has 3 aromatic carbocycles. The minimum absolute atomic E-state index is 0.0613. The number of hydrogen-bond acceptors (Lipinski definition) is 4. The molecule has 3 atom stereocenters. The van der Waals surface area contributed by atoms with Gasteiger partial charge in [0, 0.05) is 28.4 Å². The van der Waals surface area contributed by atoms with Crippen molar-refractivity contribution in [2.45, 2.75) is 49.6 Å².